The number of rotatable bonds is 8. The van der Waals surface area contributed by atoms with Crippen molar-refractivity contribution in [3.05, 3.63) is 29.8 Å². The SMILES string of the molecule is COc1cccc(C=CC(=O)N2CCC(OCC(N)=O)C2)c1OC(F)F. The highest BCUT2D eigenvalue weighted by Gasteiger charge is 2.26. The monoisotopic (exact) mass is 370 g/mol. The molecule has 2 rings (SSSR count). The highest BCUT2D eigenvalue weighted by Crippen LogP contribution is 2.33. The first-order chi connectivity index (χ1) is 12.4. The quantitative estimate of drug-likeness (QED) is 0.699. The van der Waals surface area contributed by atoms with Crippen molar-refractivity contribution in [2.75, 3.05) is 26.8 Å². The third-order valence-electron chi connectivity index (χ3n) is 3.76. The Hall–Kier alpha value is -2.68. The molecule has 0 bridgehead atoms. The molecule has 1 unspecified atom stereocenters. The topological polar surface area (TPSA) is 91.1 Å². The van der Waals surface area contributed by atoms with E-state index < -0.39 is 12.5 Å². The van der Waals surface area contributed by atoms with Gasteiger partial charge < -0.3 is 24.8 Å². The number of carbonyl (C=O) groups excluding carboxylic acids is 2. The van der Waals surface area contributed by atoms with Crippen molar-refractivity contribution in [1.82, 2.24) is 4.90 Å². The fourth-order valence-corrected chi connectivity index (χ4v) is 2.57. The summed E-state index contributed by atoms with van der Waals surface area (Å²) < 4.78 is 40.0. The molecular weight excluding hydrogens is 350 g/mol. The van der Waals surface area contributed by atoms with Crippen LogP contribution < -0.4 is 15.2 Å². The number of hydrogen-bond donors (Lipinski definition) is 1. The van der Waals surface area contributed by atoms with Crippen LogP contribution in [0.5, 0.6) is 11.5 Å². The molecule has 1 saturated heterocycles. The molecule has 0 saturated carbocycles. The van der Waals surface area contributed by atoms with E-state index >= 15 is 0 Å². The number of methoxy groups -OCH3 is 1. The lowest BCUT2D eigenvalue weighted by Gasteiger charge is -2.15. The van der Waals surface area contributed by atoms with Gasteiger partial charge in [0, 0.05) is 24.7 Å². The summed E-state index contributed by atoms with van der Waals surface area (Å²) in [6, 6.07) is 4.62. The van der Waals surface area contributed by atoms with Crippen molar-refractivity contribution >= 4 is 17.9 Å². The third-order valence-corrected chi connectivity index (χ3v) is 3.76. The van der Waals surface area contributed by atoms with E-state index in [1.807, 2.05) is 0 Å². The Labute approximate surface area is 149 Å². The van der Waals surface area contributed by atoms with E-state index in [2.05, 4.69) is 4.74 Å². The van der Waals surface area contributed by atoms with Gasteiger partial charge in [0.25, 0.3) is 0 Å². The van der Waals surface area contributed by atoms with Crippen LogP contribution in [0.3, 0.4) is 0 Å². The van der Waals surface area contributed by atoms with Gasteiger partial charge in [-0.1, -0.05) is 12.1 Å². The lowest BCUT2D eigenvalue weighted by molar-refractivity contribution is -0.126. The second-order valence-electron chi connectivity index (χ2n) is 5.56. The van der Waals surface area contributed by atoms with Gasteiger partial charge in [-0.25, -0.2) is 0 Å². The summed E-state index contributed by atoms with van der Waals surface area (Å²) >= 11 is 0. The van der Waals surface area contributed by atoms with E-state index in [0.29, 0.717) is 25.1 Å². The van der Waals surface area contributed by atoms with E-state index in [0.717, 1.165) is 0 Å². The van der Waals surface area contributed by atoms with Crippen molar-refractivity contribution in [2.24, 2.45) is 5.73 Å². The first-order valence-corrected chi connectivity index (χ1v) is 7.89. The first kappa shape index (κ1) is 19.6. The molecule has 0 aromatic heterocycles. The van der Waals surface area contributed by atoms with Crippen LogP contribution >= 0.6 is 0 Å². The fourth-order valence-electron chi connectivity index (χ4n) is 2.57. The zero-order valence-corrected chi connectivity index (χ0v) is 14.2. The summed E-state index contributed by atoms with van der Waals surface area (Å²) in [6.45, 7) is -2.42. The lowest BCUT2D eigenvalue weighted by Crippen LogP contribution is -2.30. The minimum atomic E-state index is -3.02. The summed E-state index contributed by atoms with van der Waals surface area (Å²) in [5.74, 6) is -0.876. The number of para-hydroxylation sites is 1. The number of likely N-dealkylation sites (tertiary alicyclic amines) is 1. The van der Waals surface area contributed by atoms with Crippen LogP contribution in [0.15, 0.2) is 24.3 Å². The molecule has 0 spiro atoms. The lowest BCUT2D eigenvalue weighted by atomic mass is 10.1. The van der Waals surface area contributed by atoms with Crippen molar-refractivity contribution in [3.63, 3.8) is 0 Å². The van der Waals surface area contributed by atoms with E-state index in [4.69, 9.17) is 15.2 Å². The molecule has 142 valence electrons. The smallest absolute Gasteiger partial charge is 0.387 e. The zero-order chi connectivity index (χ0) is 19.1. The molecule has 0 aliphatic carbocycles. The molecule has 1 aromatic rings. The maximum atomic E-state index is 12.6. The molecule has 1 aliphatic rings. The number of hydrogen-bond acceptors (Lipinski definition) is 5. The molecule has 7 nitrogen and oxygen atoms in total. The highest BCUT2D eigenvalue weighted by atomic mass is 19.3. The van der Waals surface area contributed by atoms with Crippen molar-refractivity contribution in [2.45, 2.75) is 19.1 Å². The maximum Gasteiger partial charge on any atom is 0.387 e. The molecule has 1 aliphatic heterocycles. The Bertz CT molecular complexity index is 681. The normalized spacial score (nSPS) is 17.1. The van der Waals surface area contributed by atoms with Crippen LogP contribution in [-0.2, 0) is 14.3 Å². The highest BCUT2D eigenvalue weighted by molar-refractivity contribution is 5.92. The van der Waals surface area contributed by atoms with Gasteiger partial charge in [0.05, 0.1) is 13.2 Å². The molecule has 1 fully saturated rings. The third kappa shape index (κ3) is 5.41. The van der Waals surface area contributed by atoms with Gasteiger partial charge in [0.15, 0.2) is 11.5 Å². The summed E-state index contributed by atoms with van der Waals surface area (Å²) in [5.41, 5.74) is 5.31. The van der Waals surface area contributed by atoms with E-state index in [-0.39, 0.29) is 30.1 Å². The zero-order valence-electron chi connectivity index (χ0n) is 14.2. The number of alkyl halides is 2. The molecular formula is C17H20F2N2O5. The average molecular weight is 370 g/mol. The largest absolute Gasteiger partial charge is 0.493 e. The minimum absolute atomic E-state index is 0.140. The van der Waals surface area contributed by atoms with Gasteiger partial charge >= 0.3 is 6.61 Å². The van der Waals surface area contributed by atoms with E-state index in [1.165, 1.54) is 36.3 Å². The fraction of sp³-hybridized carbons (Fsp3) is 0.412. The van der Waals surface area contributed by atoms with Crippen LogP contribution in [0.25, 0.3) is 6.08 Å². The van der Waals surface area contributed by atoms with Crippen LogP contribution in [-0.4, -0.2) is 56.2 Å². The summed E-state index contributed by atoms with van der Waals surface area (Å²) in [7, 11) is 1.34. The van der Waals surface area contributed by atoms with Crippen LogP contribution in [0, 0.1) is 0 Å². The van der Waals surface area contributed by atoms with E-state index in [9.17, 15) is 18.4 Å². The van der Waals surface area contributed by atoms with Gasteiger partial charge in [0.1, 0.15) is 6.61 Å². The van der Waals surface area contributed by atoms with Crippen molar-refractivity contribution in [1.29, 1.82) is 0 Å². The molecule has 1 atom stereocenters. The van der Waals surface area contributed by atoms with Gasteiger partial charge in [-0.05, 0) is 18.6 Å². The molecule has 1 heterocycles. The van der Waals surface area contributed by atoms with Crippen LogP contribution in [0.1, 0.15) is 12.0 Å². The summed E-state index contributed by atoms with van der Waals surface area (Å²) in [6.07, 6.45) is 2.99. The second kappa shape index (κ2) is 9.14. The number of amides is 2. The number of halogens is 2. The Kier molecular flexibility index (Phi) is 6.90. The Morgan fingerprint density at radius 2 is 2.19 bits per heavy atom. The average Bonchev–Trinajstić information content (AvgIpc) is 3.07. The molecule has 26 heavy (non-hydrogen) atoms. The number of ether oxygens (including phenoxy) is 3. The van der Waals surface area contributed by atoms with Gasteiger partial charge in [-0.2, -0.15) is 8.78 Å². The van der Waals surface area contributed by atoms with Gasteiger partial charge in [-0.3, -0.25) is 9.59 Å². The van der Waals surface area contributed by atoms with Gasteiger partial charge in [-0.15, -0.1) is 0 Å². The number of carbonyl (C=O) groups is 2. The van der Waals surface area contributed by atoms with E-state index in [1.54, 1.807) is 6.07 Å². The predicted octanol–water partition coefficient (Wildman–Crippen LogP) is 1.41. The van der Waals surface area contributed by atoms with Gasteiger partial charge in [0.2, 0.25) is 11.8 Å². The number of primary amides is 1. The molecule has 9 heteroatoms. The maximum absolute atomic E-state index is 12.6. The summed E-state index contributed by atoms with van der Waals surface area (Å²) in [4.78, 5) is 24.5. The first-order valence-electron chi connectivity index (χ1n) is 7.89. The van der Waals surface area contributed by atoms with Crippen LogP contribution in [0.4, 0.5) is 8.78 Å². The molecule has 2 amide bonds. The Morgan fingerprint density at radius 1 is 1.42 bits per heavy atom. The molecule has 1 aromatic carbocycles. The number of benzene rings is 1. The molecule has 2 N–H and O–H groups in total. The van der Waals surface area contributed by atoms with Crippen LogP contribution in [0.2, 0.25) is 0 Å². The second-order valence-corrected chi connectivity index (χ2v) is 5.56. The van der Waals surface area contributed by atoms with Crippen molar-refractivity contribution in [3.8, 4) is 11.5 Å². The van der Waals surface area contributed by atoms with Crippen molar-refractivity contribution < 1.29 is 32.6 Å². The number of nitrogens with two attached hydrogens (primary N) is 1. The standard InChI is InChI=1S/C17H20F2N2O5/c1-24-13-4-2-3-11(16(13)26-17(18)19)5-6-15(23)21-8-7-12(9-21)25-10-14(20)22/h2-6,12,17H,7-10H2,1H3,(H2,20,22). The Balaban J connectivity index is 2.03. The minimum Gasteiger partial charge on any atom is -0.493 e. The number of nitrogens with zero attached hydrogens (tertiary/aromatic N) is 1. The molecule has 0 radical (unpaired) electrons. The Morgan fingerprint density at radius 3 is 2.85 bits per heavy atom. The summed E-state index contributed by atoms with van der Waals surface area (Å²) in [5, 5.41) is 0. The predicted molar refractivity (Wildman–Crippen MR) is 88.8 cm³/mol.